The van der Waals surface area contributed by atoms with E-state index in [0.29, 0.717) is 0 Å². The predicted octanol–water partition coefficient (Wildman–Crippen LogP) is -0.171. The topological polar surface area (TPSA) is 49.7 Å². The lowest BCUT2D eigenvalue weighted by atomic mass is 10.3. The Kier molecular flexibility index (Phi) is 9.67. The summed E-state index contributed by atoms with van der Waals surface area (Å²) in [5.41, 5.74) is 0. The monoisotopic (exact) mass is 168 g/mol. The van der Waals surface area contributed by atoms with Crippen LogP contribution in [0.2, 0.25) is 0 Å². The third kappa shape index (κ3) is 8.84. The summed E-state index contributed by atoms with van der Waals surface area (Å²) in [5, 5.41) is 0. The van der Waals surface area contributed by atoms with Gasteiger partial charge in [-0.2, -0.15) is 0 Å². The molecule has 0 radical (unpaired) electrons. The fraction of sp³-hybridized carbons (Fsp3) is 1.00. The van der Waals surface area contributed by atoms with E-state index >= 15 is 0 Å². The molecule has 2 N–H and O–H groups in total. The molecule has 0 aliphatic heterocycles. The van der Waals surface area contributed by atoms with E-state index in [2.05, 4.69) is 4.52 Å². The molecule has 0 aliphatic carbocycles. The van der Waals surface area contributed by atoms with Crippen LogP contribution >= 0.6 is 8.60 Å². The average Bonchev–Trinajstić information content (AvgIpc) is 1.65. The molecule has 0 heterocycles. The Balaban J connectivity index is 0. The maximum atomic E-state index is 8.25. The zero-order valence-electron chi connectivity index (χ0n) is 5.03. The van der Waals surface area contributed by atoms with Gasteiger partial charge in [-0.25, -0.2) is 0 Å². The summed E-state index contributed by atoms with van der Waals surface area (Å²) in [7, 11) is -2.15. The molecule has 0 aliphatic rings. The summed E-state index contributed by atoms with van der Waals surface area (Å²) in [6.45, 7) is 3.71. The van der Waals surface area contributed by atoms with Crippen LogP contribution < -0.4 is 0 Å². The molecule has 0 aromatic rings. The lowest BCUT2D eigenvalue weighted by Gasteiger charge is -2.08. The van der Waals surface area contributed by atoms with E-state index in [-0.39, 0.29) is 23.5 Å². The highest BCUT2D eigenvalue weighted by molar-refractivity contribution is 7.39. The predicted molar refractivity (Wildman–Crippen MR) is 42.1 cm³/mol. The van der Waals surface area contributed by atoms with Crippen molar-refractivity contribution in [3.63, 3.8) is 0 Å². The number of hydrogen-bond donors (Lipinski definition) is 2. The summed E-state index contributed by atoms with van der Waals surface area (Å²) < 4.78 is 4.58. The second-order valence-corrected chi connectivity index (χ2v) is 2.29. The van der Waals surface area contributed by atoms with Crippen LogP contribution in [0.3, 0.4) is 0 Å². The van der Waals surface area contributed by atoms with Crippen molar-refractivity contribution >= 4 is 26.0 Å². The smallest absolute Gasteiger partial charge is 0.327 e. The minimum atomic E-state index is -2.15. The zero-order valence-corrected chi connectivity index (χ0v) is 5.93. The van der Waals surface area contributed by atoms with Gasteiger partial charge in [0.25, 0.3) is 0 Å². The molecule has 0 aromatic heterocycles. The maximum absolute atomic E-state index is 8.25. The Hall–Kier alpha value is 0.842. The molecule has 3 nitrogen and oxygen atoms in total. The van der Waals surface area contributed by atoms with Crippen LogP contribution in [0.1, 0.15) is 20.3 Å². The summed E-state index contributed by atoms with van der Waals surface area (Å²) in [6.07, 6.45) is 0.760. The fourth-order valence-electron chi connectivity index (χ4n) is 0.235. The largest absolute Gasteiger partial charge is 0.328 e. The SMILES string of the molecule is CCC(C)OP(O)O.[AlH3]. The van der Waals surface area contributed by atoms with Gasteiger partial charge in [0.15, 0.2) is 17.4 Å². The van der Waals surface area contributed by atoms with E-state index in [1.807, 2.05) is 6.92 Å². The van der Waals surface area contributed by atoms with Crippen LogP contribution in [0.15, 0.2) is 0 Å². The molecular weight excluding hydrogens is 154 g/mol. The highest BCUT2D eigenvalue weighted by Crippen LogP contribution is 2.27. The fourth-order valence-corrected chi connectivity index (χ4v) is 0.706. The van der Waals surface area contributed by atoms with E-state index in [9.17, 15) is 0 Å². The Morgan fingerprint density at radius 2 is 2.00 bits per heavy atom. The van der Waals surface area contributed by atoms with Crippen LogP contribution in [0.4, 0.5) is 0 Å². The van der Waals surface area contributed by atoms with Gasteiger partial charge < -0.3 is 14.3 Å². The maximum Gasteiger partial charge on any atom is 0.327 e. The molecule has 9 heavy (non-hydrogen) atoms. The number of hydrogen-bond acceptors (Lipinski definition) is 3. The van der Waals surface area contributed by atoms with Gasteiger partial charge in [-0.3, -0.25) is 0 Å². The van der Waals surface area contributed by atoms with Gasteiger partial charge in [-0.1, -0.05) is 6.92 Å². The van der Waals surface area contributed by atoms with Crippen molar-refractivity contribution in [2.75, 3.05) is 0 Å². The number of rotatable bonds is 3. The van der Waals surface area contributed by atoms with E-state index in [1.54, 1.807) is 6.92 Å². The highest BCUT2D eigenvalue weighted by Gasteiger charge is 2.03. The van der Waals surface area contributed by atoms with E-state index < -0.39 is 8.60 Å². The first-order chi connectivity index (χ1) is 3.66. The van der Waals surface area contributed by atoms with Crippen molar-refractivity contribution in [3.05, 3.63) is 0 Å². The molecule has 0 aromatic carbocycles. The van der Waals surface area contributed by atoms with E-state index in [0.717, 1.165) is 6.42 Å². The van der Waals surface area contributed by atoms with Gasteiger partial charge in [0.05, 0.1) is 6.10 Å². The minimum Gasteiger partial charge on any atom is -0.328 e. The van der Waals surface area contributed by atoms with Crippen LogP contribution in [0.25, 0.3) is 0 Å². The van der Waals surface area contributed by atoms with Crippen LogP contribution in [-0.2, 0) is 4.52 Å². The summed E-state index contributed by atoms with van der Waals surface area (Å²) in [5.74, 6) is 0. The molecule has 0 rings (SSSR count). The van der Waals surface area contributed by atoms with Crippen molar-refractivity contribution in [1.29, 1.82) is 0 Å². The molecule has 56 valence electrons. The molecule has 0 saturated heterocycles. The first kappa shape index (κ1) is 12.5. The summed E-state index contributed by atoms with van der Waals surface area (Å²) in [6, 6.07) is 0. The van der Waals surface area contributed by atoms with Crippen molar-refractivity contribution in [3.8, 4) is 0 Å². The first-order valence-corrected chi connectivity index (χ1v) is 3.68. The van der Waals surface area contributed by atoms with Crippen molar-refractivity contribution in [2.24, 2.45) is 0 Å². The van der Waals surface area contributed by atoms with Crippen molar-refractivity contribution in [1.82, 2.24) is 0 Å². The van der Waals surface area contributed by atoms with E-state index in [1.165, 1.54) is 0 Å². The third-order valence-corrected chi connectivity index (χ3v) is 1.40. The second-order valence-electron chi connectivity index (χ2n) is 1.58. The lowest BCUT2D eigenvalue weighted by molar-refractivity contribution is 0.182. The molecular formula is C4H14AlO3P. The molecule has 0 fully saturated rings. The van der Waals surface area contributed by atoms with Gasteiger partial charge >= 0.3 is 8.60 Å². The molecule has 0 bridgehead atoms. The quantitative estimate of drug-likeness (QED) is 0.454. The summed E-state index contributed by atoms with van der Waals surface area (Å²) in [4.78, 5) is 16.5. The van der Waals surface area contributed by atoms with Gasteiger partial charge in [0.1, 0.15) is 0 Å². The Bertz CT molecular complexity index is 61.8. The molecule has 1 unspecified atom stereocenters. The summed E-state index contributed by atoms with van der Waals surface area (Å²) >= 11 is 0. The van der Waals surface area contributed by atoms with E-state index in [4.69, 9.17) is 9.79 Å². The Labute approximate surface area is 67.2 Å². The average molecular weight is 168 g/mol. The first-order valence-electron chi connectivity index (χ1n) is 2.51. The zero-order chi connectivity index (χ0) is 6.57. The molecule has 5 heteroatoms. The van der Waals surface area contributed by atoms with Gasteiger partial charge in [0.2, 0.25) is 0 Å². The highest BCUT2D eigenvalue weighted by atomic mass is 31.2. The second kappa shape index (κ2) is 6.96. The van der Waals surface area contributed by atoms with Gasteiger partial charge in [-0.05, 0) is 13.3 Å². The molecule has 0 amide bonds. The molecule has 1 atom stereocenters. The van der Waals surface area contributed by atoms with Gasteiger partial charge in [0, 0.05) is 0 Å². The van der Waals surface area contributed by atoms with Crippen molar-refractivity contribution in [2.45, 2.75) is 26.4 Å². The standard InChI is InChI=1S/C4H11O3P.Al.3H/c1-3-4(2)7-8(5)6;;;;/h4-6H,3H2,1-2H3;;;;. The Morgan fingerprint density at radius 1 is 1.56 bits per heavy atom. The van der Waals surface area contributed by atoms with Crippen LogP contribution in [-0.4, -0.2) is 33.3 Å². The van der Waals surface area contributed by atoms with Gasteiger partial charge in [-0.15, -0.1) is 0 Å². The Morgan fingerprint density at radius 3 is 2.11 bits per heavy atom. The molecule has 0 spiro atoms. The van der Waals surface area contributed by atoms with Crippen LogP contribution in [0, 0.1) is 0 Å². The minimum absolute atomic E-state index is 0. The van der Waals surface area contributed by atoms with Crippen LogP contribution in [0.5, 0.6) is 0 Å². The third-order valence-electron chi connectivity index (χ3n) is 0.849. The normalized spacial score (nSPS) is 13.0. The lowest BCUT2D eigenvalue weighted by Crippen LogP contribution is -2.00. The van der Waals surface area contributed by atoms with Crippen molar-refractivity contribution < 1.29 is 14.3 Å². The molecule has 0 saturated carbocycles.